The summed E-state index contributed by atoms with van der Waals surface area (Å²) in [4.78, 5) is 71.4. The average molecular weight is 791 g/mol. The fraction of sp³-hybridized carbons (Fsp3) is 0.500. The highest BCUT2D eigenvalue weighted by atomic mass is 16.6. The van der Waals surface area contributed by atoms with Crippen molar-refractivity contribution >= 4 is 35.8 Å². The van der Waals surface area contributed by atoms with E-state index in [4.69, 9.17) is 47.4 Å². The maximum atomic E-state index is 12.3. The van der Waals surface area contributed by atoms with Gasteiger partial charge in [-0.25, -0.2) is 19.2 Å². The Hall–Kier alpha value is -5.48. The van der Waals surface area contributed by atoms with Gasteiger partial charge in [-0.3, -0.25) is 9.59 Å². The first-order valence-electron chi connectivity index (χ1n) is 17.8. The van der Waals surface area contributed by atoms with Gasteiger partial charge in [0.25, 0.3) is 0 Å². The number of ether oxygens (including phenoxy) is 10. The second-order valence-corrected chi connectivity index (χ2v) is 12.3. The van der Waals surface area contributed by atoms with Crippen molar-refractivity contribution in [1.82, 2.24) is 0 Å². The summed E-state index contributed by atoms with van der Waals surface area (Å²) < 4.78 is 53.7. The Balaban J connectivity index is 2.52. The Bertz CT molecular complexity index is 1410. The monoisotopic (exact) mass is 790 g/mol. The molecule has 0 amide bonds. The number of benzene rings is 1. The van der Waals surface area contributed by atoms with Crippen molar-refractivity contribution in [3.05, 3.63) is 72.9 Å². The van der Waals surface area contributed by atoms with Gasteiger partial charge in [-0.1, -0.05) is 32.4 Å². The summed E-state index contributed by atoms with van der Waals surface area (Å²) in [6.07, 6.45) is -1.42. The summed E-state index contributed by atoms with van der Waals surface area (Å²) in [6, 6.07) is 6.82. The minimum absolute atomic E-state index is 0.0143. The molecule has 16 heteroatoms. The van der Waals surface area contributed by atoms with Gasteiger partial charge in [0.1, 0.15) is 37.9 Å². The molecule has 0 radical (unpaired) electrons. The number of esters is 6. The van der Waals surface area contributed by atoms with Gasteiger partial charge >= 0.3 is 35.8 Å². The lowest BCUT2D eigenvalue weighted by Gasteiger charge is -2.19. The van der Waals surface area contributed by atoms with Crippen molar-refractivity contribution in [2.75, 3.05) is 66.1 Å². The van der Waals surface area contributed by atoms with Crippen molar-refractivity contribution in [3.8, 4) is 11.5 Å². The first-order valence-corrected chi connectivity index (χ1v) is 17.8. The van der Waals surface area contributed by atoms with E-state index in [1.807, 2.05) is 0 Å². The van der Waals surface area contributed by atoms with Crippen LogP contribution in [0.25, 0.3) is 0 Å². The van der Waals surface area contributed by atoms with Crippen LogP contribution in [0.5, 0.6) is 11.5 Å². The minimum Gasteiger partial charge on any atom is -0.491 e. The summed E-state index contributed by atoms with van der Waals surface area (Å²) in [5.74, 6) is -2.60. The van der Waals surface area contributed by atoms with Crippen molar-refractivity contribution in [1.29, 1.82) is 0 Å². The van der Waals surface area contributed by atoms with Crippen LogP contribution in [0.1, 0.15) is 53.4 Å². The largest absolute Gasteiger partial charge is 0.491 e. The fourth-order valence-corrected chi connectivity index (χ4v) is 3.83. The fourth-order valence-electron chi connectivity index (χ4n) is 3.83. The van der Waals surface area contributed by atoms with Gasteiger partial charge in [0.05, 0.1) is 39.6 Å². The standard InChI is InChI=1S/C40H54O16/c1-27(2)37(43)51-16-10-14-35(41)55-33(25-53-39(45)29(5)6)23-47-18-20-49-31-12-9-13-32(22-31)50-21-19-48-24-34(26-54-40(46)30(7)8)56-36(42)15-11-17-52-38(44)28(3)4/h9,12-13,22,33-34H,1,3,5,7,10-11,14-21,23-26H2,2,4,6,8H3. The predicted octanol–water partition coefficient (Wildman–Crippen LogP) is 4.34. The van der Waals surface area contributed by atoms with Gasteiger partial charge in [-0.05, 0) is 52.7 Å². The van der Waals surface area contributed by atoms with Gasteiger partial charge in [-0.2, -0.15) is 0 Å². The Morgan fingerprint density at radius 1 is 0.500 bits per heavy atom. The van der Waals surface area contributed by atoms with Crippen molar-refractivity contribution in [2.24, 2.45) is 0 Å². The van der Waals surface area contributed by atoms with E-state index in [-0.39, 0.29) is 114 Å². The van der Waals surface area contributed by atoms with Crippen LogP contribution in [0.3, 0.4) is 0 Å². The van der Waals surface area contributed by atoms with E-state index in [1.54, 1.807) is 24.3 Å². The predicted molar refractivity (Wildman–Crippen MR) is 200 cm³/mol. The van der Waals surface area contributed by atoms with Crippen molar-refractivity contribution in [2.45, 2.75) is 65.6 Å². The Kier molecular flexibility index (Phi) is 24.3. The molecule has 56 heavy (non-hydrogen) atoms. The molecule has 0 aliphatic heterocycles. The molecule has 0 heterocycles. The number of carbonyl (C=O) groups excluding carboxylic acids is 6. The molecule has 2 atom stereocenters. The minimum atomic E-state index is -0.901. The van der Waals surface area contributed by atoms with Gasteiger partial charge in [0.15, 0.2) is 12.2 Å². The van der Waals surface area contributed by atoms with Crippen LogP contribution in [0.4, 0.5) is 0 Å². The molecule has 310 valence electrons. The summed E-state index contributed by atoms with van der Waals surface area (Å²) >= 11 is 0. The van der Waals surface area contributed by atoms with Crippen LogP contribution in [-0.4, -0.2) is 114 Å². The third kappa shape index (κ3) is 23.3. The van der Waals surface area contributed by atoms with E-state index in [1.165, 1.54) is 27.7 Å². The van der Waals surface area contributed by atoms with E-state index in [2.05, 4.69) is 26.3 Å². The van der Waals surface area contributed by atoms with Crippen LogP contribution in [0.2, 0.25) is 0 Å². The summed E-state index contributed by atoms with van der Waals surface area (Å²) in [5.41, 5.74) is 0.863. The molecule has 0 fully saturated rings. The van der Waals surface area contributed by atoms with Crippen LogP contribution in [-0.2, 0) is 66.7 Å². The van der Waals surface area contributed by atoms with E-state index in [9.17, 15) is 28.8 Å². The molecular formula is C40H54O16. The molecule has 0 aliphatic rings. The molecule has 1 aromatic carbocycles. The van der Waals surface area contributed by atoms with E-state index in [0.717, 1.165) is 0 Å². The number of hydrogen-bond acceptors (Lipinski definition) is 16. The summed E-state index contributed by atoms with van der Waals surface area (Å²) in [7, 11) is 0. The topological polar surface area (TPSA) is 195 Å². The highest BCUT2D eigenvalue weighted by Gasteiger charge is 2.20. The Morgan fingerprint density at radius 2 is 0.857 bits per heavy atom. The van der Waals surface area contributed by atoms with E-state index >= 15 is 0 Å². The molecule has 1 rings (SSSR count). The Morgan fingerprint density at radius 3 is 1.21 bits per heavy atom. The average Bonchev–Trinajstić information content (AvgIpc) is 3.15. The molecule has 16 nitrogen and oxygen atoms in total. The number of carbonyl (C=O) groups is 6. The van der Waals surface area contributed by atoms with Crippen molar-refractivity contribution < 1.29 is 76.1 Å². The van der Waals surface area contributed by atoms with Gasteiger partial charge in [0.2, 0.25) is 0 Å². The molecular weight excluding hydrogens is 736 g/mol. The second kappa shape index (κ2) is 28.0. The first-order chi connectivity index (χ1) is 26.6. The quantitative estimate of drug-likeness (QED) is 0.0462. The zero-order valence-corrected chi connectivity index (χ0v) is 32.7. The Labute approximate surface area is 327 Å². The van der Waals surface area contributed by atoms with Gasteiger partial charge in [-0.15, -0.1) is 0 Å². The lowest BCUT2D eigenvalue weighted by atomic mass is 10.3. The zero-order chi connectivity index (χ0) is 41.9. The second-order valence-electron chi connectivity index (χ2n) is 12.3. The zero-order valence-electron chi connectivity index (χ0n) is 32.7. The SMILES string of the molecule is C=C(C)C(=O)OCCCC(=O)OC(COCCOc1cccc(OCCOCC(COC(=O)C(=C)C)OC(=O)CCCOC(=O)C(=C)C)c1)COC(=O)C(=C)C. The molecule has 1 aromatic rings. The maximum Gasteiger partial charge on any atom is 0.333 e. The van der Waals surface area contributed by atoms with Crippen LogP contribution in [0.15, 0.2) is 72.9 Å². The first kappa shape index (κ1) is 48.5. The van der Waals surface area contributed by atoms with Crippen LogP contribution in [0, 0.1) is 0 Å². The lowest BCUT2D eigenvalue weighted by Crippen LogP contribution is -2.30. The third-order valence-corrected chi connectivity index (χ3v) is 6.71. The molecule has 0 saturated heterocycles. The van der Waals surface area contributed by atoms with Crippen LogP contribution < -0.4 is 9.47 Å². The molecule has 0 aliphatic carbocycles. The molecule has 2 unspecified atom stereocenters. The maximum absolute atomic E-state index is 12.3. The highest BCUT2D eigenvalue weighted by molar-refractivity contribution is 5.88. The van der Waals surface area contributed by atoms with E-state index in [0.29, 0.717) is 11.5 Å². The summed E-state index contributed by atoms with van der Waals surface area (Å²) in [6.45, 7) is 19.9. The van der Waals surface area contributed by atoms with Crippen LogP contribution >= 0.6 is 0 Å². The van der Waals surface area contributed by atoms with Crippen molar-refractivity contribution in [3.63, 3.8) is 0 Å². The normalized spacial score (nSPS) is 11.5. The molecule has 0 aromatic heterocycles. The molecule has 0 saturated carbocycles. The summed E-state index contributed by atoms with van der Waals surface area (Å²) in [5, 5.41) is 0. The molecule has 0 spiro atoms. The van der Waals surface area contributed by atoms with E-state index < -0.39 is 48.0 Å². The number of hydrogen-bond donors (Lipinski definition) is 0. The van der Waals surface area contributed by atoms with Gasteiger partial charge < -0.3 is 47.4 Å². The highest BCUT2D eigenvalue weighted by Crippen LogP contribution is 2.19. The lowest BCUT2D eigenvalue weighted by molar-refractivity contribution is -0.161. The van der Waals surface area contributed by atoms with Gasteiger partial charge in [0, 0.05) is 41.2 Å². The smallest absolute Gasteiger partial charge is 0.333 e. The molecule has 0 bridgehead atoms. The third-order valence-electron chi connectivity index (χ3n) is 6.71. The number of rotatable bonds is 30. The molecule has 0 N–H and O–H groups in total.